The van der Waals surface area contributed by atoms with E-state index in [9.17, 15) is 19.8 Å². The summed E-state index contributed by atoms with van der Waals surface area (Å²) in [5.74, 6) is -0.204. The van der Waals surface area contributed by atoms with Crippen molar-refractivity contribution in [2.45, 2.75) is 38.6 Å². The fourth-order valence-electron chi connectivity index (χ4n) is 3.71. The summed E-state index contributed by atoms with van der Waals surface area (Å²) in [5.41, 5.74) is 1.23. The van der Waals surface area contributed by atoms with Crippen molar-refractivity contribution in [3.05, 3.63) is 53.3 Å². The molecule has 0 unspecified atom stereocenters. The molecule has 2 aromatic rings. The molecule has 0 saturated carbocycles. The Bertz CT molecular complexity index is 883. The van der Waals surface area contributed by atoms with Crippen LogP contribution < -0.4 is 4.74 Å². The number of carbonyl (C=O) groups excluding carboxylic acids is 2. The normalized spacial score (nSPS) is 16.5. The number of rotatable bonds is 7. The molecular formula is C22H26N2O5. The molecule has 1 saturated heterocycles. The second kappa shape index (κ2) is 9.52. The fourth-order valence-corrected chi connectivity index (χ4v) is 3.71. The third-order valence-electron chi connectivity index (χ3n) is 5.14. The van der Waals surface area contributed by atoms with Crippen molar-refractivity contribution in [1.29, 1.82) is 0 Å². The van der Waals surface area contributed by atoms with Crippen LogP contribution in [0.4, 0.5) is 0 Å². The van der Waals surface area contributed by atoms with E-state index in [1.807, 2.05) is 0 Å². The van der Waals surface area contributed by atoms with Crippen LogP contribution in [-0.2, 0) is 6.42 Å². The summed E-state index contributed by atoms with van der Waals surface area (Å²) in [5, 5.41) is 19.2. The van der Waals surface area contributed by atoms with Crippen LogP contribution in [0, 0.1) is 0 Å². The number of piperidine rings is 1. The summed E-state index contributed by atoms with van der Waals surface area (Å²) in [4.78, 5) is 31.1. The van der Waals surface area contributed by atoms with Gasteiger partial charge in [-0.05, 0) is 50.5 Å². The first-order chi connectivity index (χ1) is 14.0. The molecule has 154 valence electrons. The molecule has 0 radical (unpaired) electrons. The lowest BCUT2D eigenvalue weighted by Gasteiger charge is -2.36. The third-order valence-corrected chi connectivity index (χ3v) is 5.14. The lowest BCUT2D eigenvalue weighted by molar-refractivity contribution is 0.0524. The molecule has 1 aliphatic heterocycles. The molecule has 0 bridgehead atoms. The van der Waals surface area contributed by atoms with Gasteiger partial charge in [0, 0.05) is 25.8 Å². The molecule has 1 fully saturated rings. The van der Waals surface area contributed by atoms with Crippen molar-refractivity contribution < 1.29 is 24.5 Å². The molecule has 1 aromatic carbocycles. The standard InChI is InChI=1S/C22H26N2O5/c1-15(26)21-19(27)8-4-9-20(21)29-14-16-6-2-3-12-24(16)22(28)17-7-5-11-23-18(17)10-13-25/h4-5,7-9,11,16,25,27H,2-3,6,10,12-14H2,1H3/t16-/m0/s1. The Hall–Kier alpha value is -2.93. The van der Waals surface area contributed by atoms with E-state index in [0.717, 1.165) is 19.3 Å². The number of carbonyl (C=O) groups is 2. The highest BCUT2D eigenvalue weighted by Gasteiger charge is 2.30. The number of aromatic hydroxyl groups is 1. The average Bonchev–Trinajstić information content (AvgIpc) is 2.72. The Balaban J connectivity index is 1.78. The third kappa shape index (κ3) is 4.74. The minimum Gasteiger partial charge on any atom is -0.507 e. The van der Waals surface area contributed by atoms with Crippen LogP contribution in [0.5, 0.6) is 11.5 Å². The molecule has 1 atom stereocenters. The number of phenolic OH excluding ortho intramolecular Hbond substituents is 1. The number of ether oxygens (including phenoxy) is 1. The summed E-state index contributed by atoms with van der Waals surface area (Å²) in [7, 11) is 0. The first kappa shape index (κ1) is 20.8. The highest BCUT2D eigenvalue weighted by Crippen LogP contribution is 2.29. The van der Waals surface area contributed by atoms with Gasteiger partial charge in [-0.25, -0.2) is 0 Å². The zero-order valence-electron chi connectivity index (χ0n) is 16.5. The van der Waals surface area contributed by atoms with Crippen LogP contribution in [0.3, 0.4) is 0 Å². The van der Waals surface area contributed by atoms with Gasteiger partial charge in [-0.2, -0.15) is 0 Å². The molecule has 2 N–H and O–H groups in total. The first-order valence-corrected chi connectivity index (χ1v) is 9.84. The molecule has 7 nitrogen and oxygen atoms in total. The molecular weight excluding hydrogens is 372 g/mol. The number of likely N-dealkylation sites (tertiary alicyclic amines) is 1. The van der Waals surface area contributed by atoms with Gasteiger partial charge in [-0.1, -0.05) is 6.07 Å². The number of amides is 1. The number of aliphatic hydroxyl groups excluding tert-OH is 1. The quantitative estimate of drug-likeness (QED) is 0.696. The van der Waals surface area contributed by atoms with Crippen molar-refractivity contribution in [2.24, 2.45) is 0 Å². The number of hydrogen-bond donors (Lipinski definition) is 2. The van der Waals surface area contributed by atoms with Gasteiger partial charge in [-0.3, -0.25) is 14.6 Å². The van der Waals surface area contributed by atoms with Crippen molar-refractivity contribution in [3.63, 3.8) is 0 Å². The van der Waals surface area contributed by atoms with Gasteiger partial charge in [0.2, 0.25) is 0 Å². The molecule has 1 aliphatic rings. The molecule has 0 spiro atoms. The Morgan fingerprint density at radius 1 is 1.24 bits per heavy atom. The summed E-state index contributed by atoms with van der Waals surface area (Å²) in [6.45, 7) is 2.14. The van der Waals surface area contributed by atoms with E-state index in [2.05, 4.69) is 4.98 Å². The van der Waals surface area contributed by atoms with Gasteiger partial charge in [0.15, 0.2) is 5.78 Å². The lowest BCUT2D eigenvalue weighted by atomic mass is 10.0. The van der Waals surface area contributed by atoms with E-state index >= 15 is 0 Å². The molecule has 7 heteroatoms. The molecule has 1 aromatic heterocycles. The number of ketones is 1. The summed E-state index contributed by atoms with van der Waals surface area (Å²) < 4.78 is 5.88. The van der Waals surface area contributed by atoms with Gasteiger partial charge in [-0.15, -0.1) is 0 Å². The predicted octanol–water partition coefficient (Wildman–Crippen LogP) is 2.60. The van der Waals surface area contributed by atoms with E-state index in [1.54, 1.807) is 35.4 Å². The van der Waals surface area contributed by atoms with Gasteiger partial charge in [0.25, 0.3) is 5.91 Å². The minimum atomic E-state index is -0.279. The monoisotopic (exact) mass is 398 g/mol. The van der Waals surface area contributed by atoms with Crippen LogP contribution in [-0.4, -0.2) is 57.6 Å². The zero-order valence-corrected chi connectivity index (χ0v) is 16.5. The number of pyridine rings is 1. The summed E-state index contributed by atoms with van der Waals surface area (Å²) >= 11 is 0. The maximum absolute atomic E-state index is 13.2. The number of nitrogens with zero attached hydrogens (tertiary/aromatic N) is 2. The molecule has 3 rings (SSSR count). The van der Waals surface area contributed by atoms with E-state index in [4.69, 9.17) is 4.74 Å². The van der Waals surface area contributed by atoms with Crippen molar-refractivity contribution in [1.82, 2.24) is 9.88 Å². The van der Waals surface area contributed by atoms with Crippen LogP contribution >= 0.6 is 0 Å². The SMILES string of the molecule is CC(=O)c1c(O)cccc1OC[C@@H]1CCCCN1C(=O)c1cccnc1CCO. The second-order valence-corrected chi connectivity index (χ2v) is 7.14. The van der Waals surface area contributed by atoms with Crippen LogP contribution in [0.2, 0.25) is 0 Å². The Morgan fingerprint density at radius 3 is 2.83 bits per heavy atom. The topological polar surface area (TPSA) is 100.0 Å². The first-order valence-electron chi connectivity index (χ1n) is 9.84. The van der Waals surface area contributed by atoms with Gasteiger partial charge >= 0.3 is 0 Å². The summed E-state index contributed by atoms with van der Waals surface area (Å²) in [6.07, 6.45) is 4.61. The van der Waals surface area contributed by atoms with Crippen LogP contribution in [0.15, 0.2) is 36.5 Å². The van der Waals surface area contributed by atoms with E-state index < -0.39 is 0 Å². The number of phenols is 1. The molecule has 2 heterocycles. The Morgan fingerprint density at radius 2 is 2.07 bits per heavy atom. The van der Waals surface area contributed by atoms with E-state index in [-0.39, 0.29) is 42.3 Å². The van der Waals surface area contributed by atoms with Crippen molar-refractivity contribution in [2.75, 3.05) is 19.8 Å². The Labute approximate surface area is 170 Å². The largest absolute Gasteiger partial charge is 0.507 e. The second-order valence-electron chi connectivity index (χ2n) is 7.14. The maximum atomic E-state index is 13.2. The number of benzene rings is 1. The van der Waals surface area contributed by atoms with Gasteiger partial charge < -0.3 is 19.8 Å². The molecule has 0 aliphatic carbocycles. The highest BCUT2D eigenvalue weighted by molar-refractivity contribution is 5.99. The van der Waals surface area contributed by atoms with Crippen molar-refractivity contribution >= 4 is 11.7 Å². The van der Waals surface area contributed by atoms with Crippen LogP contribution in [0.25, 0.3) is 0 Å². The predicted molar refractivity (Wildman–Crippen MR) is 107 cm³/mol. The van der Waals surface area contributed by atoms with Gasteiger partial charge in [0.05, 0.1) is 17.3 Å². The number of Topliss-reactive ketones (excluding diaryl/α,β-unsaturated/α-hetero) is 1. The summed E-state index contributed by atoms with van der Waals surface area (Å²) in [6, 6.07) is 8.01. The Kier molecular flexibility index (Phi) is 6.82. The molecule has 29 heavy (non-hydrogen) atoms. The zero-order chi connectivity index (χ0) is 20.8. The van der Waals surface area contributed by atoms with Gasteiger partial charge in [0.1, 0.15) is 23.7 Å². The highest BCUT2D eigenvalue weighted by atomic mass is 16.5. The van der Waals surface area contributed by atoms with E-state index in [1.165, 1.54) is 13.0 Å². The number of aliphatic hydroxyl groups is 1. The lowest BCUT2D eigenvalue weighted by Crippen LogP contribution is -2.47. The maximum Gasteiger partial charge on any atom is 0.256 e. The minimum absolute atomic E-state index is 0.0742. The smallest absolute Gasteiger partial charge is 0.256 e. The number of hydrogen-bond acceptors (Lipinski definition) is 6. The molecule has 1 amide bonds. The average molecular weight is 398 g/mol. The number of aromatic nitrogens is 1. The van der Waals surface area contributed by atoms with E-state index in [0.29, 0.717) is 30.0 Å². The van der Waals surface area contributed by atoms with Crippen LogP contribution in [0.1, 0.15) is 52.6 Å². The van der Waals surface area contributed by atoms with Crippen molar-refractivity contribution in [3.8, 4) is 11.5 Å². The fraction of sp³-hybridized carbons (Fsp3) is 0.409.